The van der Waals surface area contributed by atoms with E-state index in [9.17, 15) is 4.39 Å². The molecule has 0 spiro atoms. The first-order valence-corrected chi connectivity index (χ1v) is 17.5. The lowest BCUT2D eigenvalue weighted by Gasteiger charge is -2.26. The summed E-state index contributed by atoms with van der Waals surface area (Å²) in [6, 6.07) is 64.3. The molecule has 4 heteroatoms. The summed E-state index contributed by atoms with van der Waals surface area (Å²) in [6.45, 7) is 2.08. The van der Waals surface area contributed by atoms with Crippen LogP contribution in [0.5, 0.6) is 0 Å². The lowest BCUT2D eigenvalue weighted by Crippen LogP contribution is -2.10. The third-order valence-electron chi connectivity index (χ3n) is 9.83. The summed E-state index contributed by atoms with van der Waals surface area (Å²) < 4.78 is 16.6. The van der Waals surface area contributed by atoms with E-state index in [0.717, 1.165) is 67.0 Å². The molecule has 0 aliphatic rings. The number of halogens is 1. The van der Waals surface area contributed by atoms with Crippen LogP contribution in [0.1, 0.15) is 5.56 Å². The molecule has 0 saturated carbocycles. The molecule has 0 unspecified atom stereocenters. The van der Waals surface area contributed by atoms with Crippen LogP contribution >= 0.6 is 0 Å². The highest BCUT2D eigenvalue weighted by Crippen LogP contribution is 2.40. The standard InChI is InChI=1S/C48H34FN3/c1-33-47(50-52-46(37-16-9-4-10-17-37)31-40-20-25-41(49)32-45(40)48(33)52)38-23-28-43(29-24-38)51(42-26-21-36(22-27-42)34-12-5-2-6-13-34)44-19-11-18-39(30-44)35-14-7-3-8-15-35/h2-32H,1H3. The van der Waals surface area contributed by atoms with Crippen molar-refractivity contribution in [2.24, 2.45) is 0 Å². The van der Waals surface area contributed by atoms with Gasteiger partial charge in [-0.15, -0.1) is 0 Å². The van der Waals surface area contributed by atoms with Gasteiger partial charge in [0.1, 0.15) is 5.82 Å². The van der Waals surface area contributed by atoms with Crippen molar-refractivity contribution in [2.45, 2.75) is 6.92 Å². The zero-order valence-corrected chi connectivity index (χ0v) is 28.6. The summed E-state index contributed by atoms with van der Waals surface area (Å²) in [4.78, 5) is 2.30. The number of hydrogen-bond donors (Lipinski definition) is 0. The second-order valence-electron chi connectivity index (χ2n) is 13.1. The summed E-state index contributed by atoms with van der Waals surface area (Å²) in [5.74, 6) is -0.262. The Morgan fingerprint density at radius 2 is 1.00 bits per heavy atom. The Morgan fingerprint density at radius 3 is 1.63 bits per heavy atom. The number of aryl methyl sites for hydroxylation is 1. The van der Waals surface area contributed by atoms with Gasteiger partial charge >= 0.3 is 0 Å². The maximum Gasteiger partial charge on any atom is 0.123 e. The molecule has 0 fully saturated rings. The molecule has 0 amide bonds. The number of aromatic nitrogens is 2. The lowest BCUT2D eigenvalue weighted by molar-refractivity contribution is 0.630. The molecule has 2 heterocycles. The molecule has 9 aromatic rings. The van der Waals surface area contributed by atoms with Crippen LogP contribution in [0.25, 0.3) is 61.1 Å². The molecule has 0 saturated heterocycles. The molecule has 52 heavy (non-hydrogen) atoms. The molecular weight excluding hydrogens is 638 g/mol. The normalized spacial score (nSPS) is 11.3. The minimum atomic E-state index is -0.262. The van der Waals surface area contributed by atoms with Crippen LogP contribution < -0.4 is 4.90 Å². The molecule has 0 N–H and O–H groups in total. The van der Waals surface area contributed by atoms with E-state index in [4.69, 9.17) is 5.10 Å². The Morgan fingerprint density at radius 1 is 0.462 bits per heavy atom. The van der Waals surface area contributed by atoms with Crippen molar-refractivity contribution in [1.29, 1.82) is 0 Å². The number of anilines is 3. The first-order chi connectivity index (χ1) is 25.6. The smallest absolute Gasteiger partial charge is 0.123 e. The summed E-state index contributed by atoms with van der Waals surface area (Å²) >= 11 is 0. The largest absolute Gasteiger partial charge is 0.310 e. The monoisotopic (exact) mass is 671 g/mol. The van der Waals surface area contributed by atoms with E-state index in [1.807, 2.05) is 40.9 Å². The van der Waals surface area contributed by atoms with Crippen molar-refractivity contribution in [3.8, 4) is 44.8 Å². The molecule has 0 aliphatic carbocycles. The predicted molar refractivity (Wildman–Crippen MR) is 214 cm³/mol. The Hall–Kier alpha value is -6.78. The fraction of sp³-hybridized carbons (Fsp3) is 0.0208. The minimum absolute atomic E-state index is 0.262. The van der Waals surface area contributed by atoms with E-state index in [2.05, 4.69) is 151 Å². The molecule has 7 aromatic carbocycles. The Balaban J connectivity index is 1.16. The number of nitrogens with zero attached hydrogens (tertiary/aromatic N) is 3. The van der Waals surface area contributed by atoms with Gasteiger partial charge in [0.25, 0.3) is 0 Å². The van der Waals surface area contributed by atoms with Gasteiger partial charge in [0.05, 0.1) is 16.9 Å². The molecule has 248 valence electrons. The SMILES string of the molecule is Cc1c(-c2ccc(N(c3ccc(-c4ccccc4)cc3)c3cccc(-c4ccccc4)c3)cc2)nn2c(-c3ccccc3)cc3ccc(F)cc3c12. The maximum absolute atomic E-state index is 14.6. The summed E-state index contributed by atoms with van der Waals surface area (Å²) in [6.07, 6.45) is 0. The first kappa shape index (κ1) is 31.2. The van der Waals surface area contributed by atoms with Crippen LogP contribution in [0, 0.1) is 12.7 Å². The molecule has 0 aliphatic heterocycles. The second kappa shape index (κ2) is 13.2. The van der Waals surface area contributed by atoms with Gasteiger partial charge in [-0.3, -0.25) is 0 Å². The van der Waals surface area contributed by atoms with Gasteiger partial charge in [0, 0.05) is 39.1 Å². The minimum Gasteiger partial charge on any atom is -0.310 e. The lowest BCUT2D eigenvalue weighted by atomic mass is 10.0. The van der Waals surface area contributed by atoms with Crippen molar-refractivity contribution in [3.63, 3.8) is 0 Å². The van der Waals surface area contributed by atoms with E-state index in [1.165, 1.54) is 22.8 Å². The van der Waals surface area contributed by atoms with Crippen LogP contribution in [0.4, 0.5) is 21.5 Å². The van der Waals surface area contributed by atoms with Crippen LogP contribution in [0.3, 0.4) is 0 Å². The summed E-state index contributed by atoms with van der Waals surface area (Å²) in [5.41, 5.74) is 13.6. The number of pyridine rings is 1. The fourth-order valence-electron chi connectivity index (χ4n) is 7.25. The van der Waals surface area contributed by atoms with E-state index in [0.29, 0.717) is 0 Å². The Labute approximate surface area is 302 Å². The van der Waals surface area contributed by atoms with Crippen molar-refractivity contribution in [1.82, 2.24) is 9.61 Å². The van der Waals surface area contributed by atoms with E-state index in [1.54, 1.807) is 6.07 Å². The molecule has 0 bridgehead atoms. The van der Waals surface area contributed by atoms with E-state index in [-0.39, 0.29) is 5.82 Å². The van der Waals surface area contributed by atoms with Crippen molar-refractivity contribution >= 4 is 33.4 Å². The highest BCUT2D eigenvalue weighted by molar-refractivity contribution is 6.01. The summed E-state index contributed by atoms with van der Waals surface area (Å²) in [5, 5.41) is 7.01. The van der Waals surface area contributed by atoms with E-state index >= 15 is 0 Å². The molecule has 0 atom stereocenters. The topological polar surface area (TPSA) is 20.5 Å². The Bertz CT molecular complexity index is 2670. The number of hydrogen-bond acceptors (Lipinski definition) is 2. The number of benzene rings is 7. The van der Waals surface area contributed by atoms with Crippen LogP contribution in [0.15, 0.2) is 188 Å². The van der Waals surface area contributed by atoms with Gasteiger partial charge in [0.15, 0.2) is 0 Å². The van der Waals surface area contributed by atoms with Gasteiger partial charge in [-0.25, -0.2) is 8.91 Å². The average molecular weight is 672 g/mol. The predicted octanol–water partition coefficient (Wildman–Crippen LogP) is 13.1. The van der Waals surface area contributed by atoms with Gasteiger partial charge in [-0.05, 0) is 89.2 Å². The van der Waals surface area contributed by atoms with E-state index < -0.39 is 0 Å². The molecular formula is C48H34FN3. The van der Waals surface area contributed by atoms with Crippen molar-refractivity contribution < 1.29 is 4.39 Å². The van der Waals surface area contributed by atoms with Crippen LogP contribution in [-0.2, 0) is 0 Å². The fourth-order valence-corrected chi connectivity index (χ4v) is 7.25. The Kier molecular flexibility index (Phi) is 7.90. The molecule has 9 rings (SSSR count). The molecule has 2 aromatic heterocycles. The van der Waals surface area contributed by atoms with Gasteiger partial charge in [0.2, 0.25) is 0 Å². The first-order valence-electron chi connectivity index (χ1n) is 17.5. The zero-order chi connectivity index (χ0) is 35.0. The van der Waals surface area contributed by atoms with Crippen LogP contribution in [0.2, 0.25) is 0 Å². The van der Waals surface area contributed by atoms with Gasteiger partial charge in [-0.2, -0.15) is 5.10 Å². The highest BCUT2D eigenvalue weighted by atomic mass is 19.1. The second-order valence-corrected chi connectivity index (χ2v) is 13.1. The third kappa shape index (κ3) is 5.70. The van der Waals surface area contributed by atoms with Gasteiger partial charge in [-0.1, -0.05) is 133 Å². The summed E-state index contributed by atoms with van der Waals surface area (Å²) in [7, 11) is 0. The number of fused-ring (bicyclic) bond motifs is 3. The highest BCUT2D eigenvalue weighted by Gasteiger charge is 2.19. The quantitative estimate of drug-likeness (QED) is 0.168. The number of rotatable bonds is 7. The van der Waals surface area contributed by atoms with Crippen LogP contribution in [-0.4, -0.2) is 9.61 Å². The molecule has 3 nitrogen and oxygen atoms in total. The maximum atomic E-state index is 14.6. The van der Waals surface area contributed by atoms with Crippen molar-refractivity contribution in [3.05, 3.63) is 199 Å². The van der Waals surface area contributed by atoms with Gasteiger partial charge < -0.3 is 4.90 Å². The average Bonchev–Trinajstić information content (AvgIpc) is 3.56. The zero-order valence-electron chi connectivity index (χ0n) is 28.6. The molecule has 0 radical (unpaired) electrons. The third-order valence-corrected chi connectivity index (χ3v) is 9.83. The van der Waals surface area contributed by atoms with Crippen molar-refractivity contribution in [2.75, 3.05) is 4.90 Å².